The summed E-state index contributed by atoms with van der Waals surface area (Å²) in [5, 5.41) is 10.5. The zero-order valence-corrected chi connectivity index (χ0v) is 7.87. The van der Waals surface area contributed by atoms with Gasteiger partial charge in [-0.3, -0.25) is 5.84 Å². The van der Waals surface area contributed by atoms with Crippen LogP contribution in [0.15, 0.2) is 0 Å². The lowest BCUT2D eigenvalue weighted by molar-refractivity contribution is 0.160. The van der Waals surface area contributed by atoms with Gasteiger partial charge in [-0.25, -0.2) is 5.01 Å². The molecule has 4 heteroatoms. The molecule has 0 aliphatic heterocycles. The largest absolute Gasteiger partial charge is 0.393 e. The second-order valence-corrected chi connectivity index (χ2v) is 3.62. The number of hydrogen-bond acceptors (Lipinski definition) is 3. The van der Waals surface area contributed by atoms with Crippen molar-refractivity contribution >= 4 is 22.6 Å². The average molecular weight is 244 g/mol. The van der Waals surface area contributed by atoms with Crippen LogP contribution in [0.25, 0.3) is 0 Å². The highest BCUT2D eigenvalue weighted by Crippen LogP contribution is 2.08. The standard InChI is InChI=1S/C5H13IN2O/c1-4(9)3-5(6)8(2)7/h4-5,9H,3,7H2,1-2H3/t4-,5?/m0/s1. The first kappa shape index (κ1) is 9.61. The van der Waals surface area contributed by atoms with Gasteiger partial charge in [0.15, 0.2) is 0 Å². The third-order valence-electron chi connectivity index (χ3n) is 0.978. The highest BCUT2D eigenvalue weighted by atomic mass is 127. The normalized spacial score (nSPS) is 18.0. The number of hydrazine groups is 1. The Hall–Kier alpha value is 0.610. The Morgan fingerprint density at radius 2 is 2.22 bits per heavy atom. The van der Waals surface area contributed by atoms with E-state index >= 15 is 0 Å². The Bertz CT molecular complexity index is 77.4. The van der Waals surface area contributed by atoms with Crippen LogP contribution in [-0.2, 0) is 0 Å². The fourth-order valence-corrected chi connectivity index (χ4v) is 1.18. The van der Waals surface area contributed by atoms with E-state index in [1.165, 1.54) is 0 Å². The van der Waals surface area contributed by atoms with Crippen molar-refractivity contribution in [2.24, 2.45) is 5.84 Å². The van der Waals surface area contributed by atoms with Crippen LogP contribution in [0.5, 0.6) is 0 Å². The van der Waals surface area contributed by atoms with Crippen LogP contribution < -0.4 is 5.84 Å². The minimum atomic E-state index is -0.266. The predicted molar refractivity (Wildman–Crippen MR) is 46.1 cm³/mol. The molecule has 0 fully saturated rings. The lowest BCUT2D eigenvalue weighted by Gasteiger charge is -2.18. The highest BCUT2D eigenvalue weighted by Gasteiger charge is 2.08. The van der Waals surface area contributed by atoms with E-state index in [0.717, 1.165) is 0 Å². The van der Waals surface area contributed by atoms with Crippen molar-refractivity contribution in [1.82, 2.24) is 5.01 Å². The lowest BCUT2D eigenvalue weighted by Crippen LogP contribution is -2.34. The van der Waals surface area contributed by atoms with Crippen molar-refractivity contribution < 1.29 is 5.11 Å². The summed E-state index contributed by atoms with van der Waals surface area (Å²) in [5.41, 5.74) is 0. The van der Waals surface area contributed by atoms with Crippen LogP contribution in [0.2, 0.25) is 0 Å². The van der Waals surface area contributed by atoms with Gasteiger partial charge in [-0.1, -0.05) is 22.6 Å². The molecule has 56 valence electrons. The van der Waals surface area contributed by atoms with E-state index in [1.54, 1.807) is 19.0 Å². The quantitative estimate of drug-likeness (QED) is 0.247. The number of nitrogens with two attached hydrogens (primary N) is 1. The molecular formula is C5H13IN2O. The zero-order valence-electron chi connectivity index (χ0n) is 5.71. The molecule has 0 saturated carbocycles. The second kappa shape index (κ2) is 4.43. The number of rotatable bonds is 3. The molecule has 3 N–H and O–H groups in total. The molecule has 1 unspecified atom stereocenters. The molecule has 0 aromatic rings. The molecule has 0 aliphatic carbocycles. The first-order valence-electron chi connectivity index (χ1n) is 2.83. The summed E-state index contributed by atoms with van der Waals surface area (Å²) in [4.78, 5) is 0. The fraction of sp³-hybridized carbons (Fsp3) is 1.00. The summed E-state index contributed by atoms with van der Waals surface area (Å²) in [6.07, 6.45) is 0.450. The minimum Gasteiger partial charge on any atom is -0.393 e. The van der Waals surface area contributed by atoms with E-state index in [2.05, 4.69) is 22.6 Å². The maximum atomic E-state index is 8.88. The Labute approximate surface area is 69.3 Å². The van der Waals surface area contributed by atoms with E-state index in [0.29, 0.717) is 6.42 Å². The summed E-state index contributed by atoms with van der Waals surface area (Å²) in [6, 6.07) is 0. The van der Waals surface area contributed by atoms with Crippen molar-refractivity contribution in [2.75, 3.05) is 7.05 Å². The summed E-state index contributed by atoms with van der Waals surface area (Å²) >= 11 is 2.19. The molecule has 0 aromatic carbocycles. The Morgan fingerprint density at radius 3 is 2.33 bits per heavy atom. The Balaban J connectivity index is 3.38. The number of hydrogen-bond donors (Lipinski definition) is 2. The molecule has 0 heterocycles. The van der Waals surface area contributed by atoms with Gasteiger partial charge in [0.1, 0.15) is 0 Å². The highest BCUT2D eigenvalue weighted by molar-refractivity contribution is 14.1. The van der Waals surface area contributed by atoms with Gasteiger partial charge in [-0.15, -0.1) is 0 Å². The number of aliphatic hydroxyl groups is 1. The lowest BCUT2D eigenvalue weighted by atomic mass is 10.3. The molecule has 2 atom stereocenters. The van der Waals surface area contributed by atoms with Gasteiger partial charge in [-0.2, -0.15) is 0 Å². The molecule has 0 aromatic heterocycles. The van der Waals surface area contributed by atoms with Gasteiger partial charge in [0.2, 0.25) is 0 Å². The number of nitrogens with zero attached hydrogens (tertiary/aromatic N) is 1. The second-order valence-electron chi connectivity index (χ2n) is 2.18. The van der Waals surface area contributed by atoms with Crippen LogP contribution >= 0.6 is 22.6 Å². The fourth-order valence-electron chi connectivity index (χ4n) is 0.448. The van der Waals surface area contributed by atoms with Crippen LogP contribution in [0, 0.1) is 0 Å². The summed E-state index contributed by atoms with van der Waals surface area (Å²) in [7, 11) is 1.79. The van der Waals surface area contributed by atoms with Crippen molar-refractivity contribution in [2.45, 2.75) is 23.5 Å². The van der Waals surface area contributed by atoms with Crippen molar-refractivity contribution in [3.8, 4) is 0 Å². The smallest absolute Gasteiger partial charge is 0.0776 e. The molecule has 3 nitrogen and oxygen atoms in total. The van der Waals surface area contributed by atoms with Crippen molar-refractivity contribution in [1.29, 1.82) is 0 Å². The molecule has 0 spiro atoms. The molecule has 0 amide bonds. The van der Waals surface area contributed by atoms with E-state index in [4.69, 9.17) is 10.9 Å². The van der Waals surface area contributed by atoms with Crippen molar-refractivity contribution in [3.05, 3.63) is 0 Å². The molecule has 0 rings (SSSR count). The Kier molecular flexibility index (Phi) is 4.73. The topological polar surface area (TPSA) is 49.5 Å². The van der Waals surface area contributed by atoms with E-state index < -0.39 is 0 Å². The summed E-state index contributed by atoms with van der Waals surface area (Å²) in [5.74, 6) is 5.40. The van der Waals surface area contributed by atoms with Gasteiger partial charge < -0.3 is 5.11 Å². The number of alkyl halides is 1. The van der Waals surface area contributed by atoms with Gasteiger partial charge in [0.05, 0.1) is 10.2 Å². The van der Waals surface area contributed by atoms with Crippen LogP contribution in [0.3, 0.4) is 0 Å². The number of aliphatic hydroxyl groups excluding tert-OH is 1. The third kappa shape index (κ3) is 5.07. The van der Waals surface area contributed by atoms with Gasteiger partial charge in [0, 0.05) is 7.05 Å². The SMILES string of the molecule is C[C@H](O)CC(I)N(C)N. The minimum absolute atomic E-state index is 0.225. The third-order valence-corrected chi connectivity index (χ3v) is 2.36. The number of halogens is 1. The van der Waals surface area contributed by atoms with Gasteiger partial charge in [0.25, 0.3) is 0 Å². The summed E-state index contributed by atoms with van der Waals surface area (Å²) < 4.78 is 0.225. The Morgan fingerprint density at radius 1 is 1.78 bits per heavy atom. The van der Waals surface area contributed by atoms with Crippen LogP contribution in [0.4, 0.5) is 0 Å². The molecular weight excluding hydrogens is 231 g/mol. The first-order valence-corrected chi connectivity index (χ1v) is 4.08. The van der Waals surface area contributed by atoms with E-state index in [-0.39, 0.29) is 10.2 Å². The molecule has 0 radical (unpaired) electrons. The maximum absolute atomic E-state index is 8.88. The zero-order chi connectivity index (χ0) is 7.44. The van der Waals surface area contributed by atoms with Gasteiger partial charge >= 0.3 is 0 Å². The predicted octanol–water partition coefficient (Wildman–Crippen LogP) is 0.324. The summed E-state index contributed by atoms with van der Waals surface area (Å²) in [6.45, 7) is 1.76. The molecule has 9 heavy (non-hydrogen) atoms. The van der Waals surface area contributed by atoms with Gasteiger partial charge in [-0.05, 0) is 13.3 Å². The average Bonchev–Trinajstić information content (AvgIpc) is 1.63. The van der Waals surface area contributed by atoms with E-state index in [1.807, 2.05) is 0 Å². The first-order chi connectivity index (χ1) is 4.04. The van der Waals surface area contributed by atoms with Crippen LogP contribution in [-0.4, -0.2) is 27.3 Å². The van der Waals surface area contributed by atoms with E-state index in [9.17, 15) is 0 Å². The molecule has 0 bridgehead atoms. The molecule has 0 aliphatic rings. The van der Waals surface area contributed by atoms with Crippen molar-refractivity contribution in [3.63, 3.8) is 0 Å². The monoisotopic (exact) mass is 244 g/mol. The molecule has 0 saturated heterocycles. The van der Waals surface area contributed by atoms with Crippen LogP contribution in [0.1, 0.15) is 13.3 Å². The maximum Gasteiger partial charge on any atom is 0.0776 e.